The van der Waals surface area contributed by atoms with E-state index in [1.165, 1.54) is 25.7 Å². The van der Waals surface area contributed by atoms with Crippen LogP contribution in [0.5, 0.6) is 0 Å². The van der Waals surface area contributed by atoms with Crippen LogP contribution in [0.25, 0.3) is 0 Å². The van der Waals surface area contributed by atoms with Gasteiger partial charge in [-0.1, -0.05) is 25.7 Å². The van der Waals surface area contributed by atoms with E-state index in [2.05, 4.69) is 10.2 Å². The minimum absolute atomic E-state index is 0.0197. The Labute approximate surface area is 84.0 Å². The van der Waals surface area contributed by atoms with Crippen molar-refractivity contribution in [2.45, 2.75) is 38.7 Å². The fourth-order valence-electron chi connectivity index (χ4n) is 2.19. The molecule has 1 aliphatic carbocycles. The predicted octanol–water partition coefficient (Wildman–Crippen LogP) is 1.04. The van der Waals surface area contributed by atoms with Crippen molar-refractivity contribution in [3.63, 3.8) is 0 Å². The fourth-order valence-corrected chi connectivity index (χ4v) is 2.19. The highest BCUT2D eigenvalue weighted by molar-refractivity contribution is 4.95. The van der Waals surface area contributed by atoms with Gasteiger partial charge in [0.25, 0.3) is 0 Å². The van der Waals surface area contributed by atoms with Crippen molar-refractivity contribution in [1.29, 1.82) is 0 Å². The molecule has 4 heteroatoms. The van der Waals surface area contributed by atoms with Gasteiger partial charge in [0.1, 0.15) is 12.4 Å². The van der Waals surface area contributed by atoms with E-state index in [4.69, 9.17) is 5.11 Å². The van der Waals surface area contributed by atoms with Crippen LogP contribution in [0.15, 0.2) is 0 Å². The van der Waals surface area contributed by atoms with Gasteiger partial charge in [-0.05, 0) is 5.92 Å². The average molecular weight is 195 g/mol. The second-order valence-electron chi connectivity index (χ2n) is 4.10. The van der Waals surface area contributed by atoms with E-state index in [-0.39, 0.29) is 6.61 Å². The average Bonchev–Trinajstić information content (AvgIpc) is 2.79. The Balaban J connectivity index is 2.04. The standard InChI is InChI=1S/C10H17N3O/c1-13-9(11-12-10(13)7-14)6-8-4-2-3-5-8/h8,14H,2-7H2,1H3. The minimum Gasteiger partial charge on any atom is -0.388 e. The Kier molecular flexibility index (Phi) is 2.82. The number of hydrogen-bond acceptors (Lipinski definition) is 3. The third-order valence-corrected chi connectivity index (χ3v) is 3.14. The molecule has 0 amide bonds. The van der Waals surface area contributed by atoms with Crippen molar-refractivity contribution in [3.8, 4) is 0 Å². The van der Waals surface area contributed by atoms with Crippen LogP contribution in [0.1, 0.15) is 37.3 Å². The van der Waals surface area contributed by atoms with Crippen LogP contribution in [0.2, 0.25) is 0 Å². The molecule has 14 heavy (non-hydrogen) atoms. The van der Waals surface area contributed by atoms with E-state index in [1.807, 2.05) is 11.6 Å². The third kappa shape index (κ3) is 1.80. The number of aliphatic hydroxyl groups is 1. The molecule has 0 radical (unpaired) electrons. The fraction of sp³-hybridized carbons (Fsp3) is 0.800. The first kappa shape index (κ1) is 9.65. The Morgan fingerprint density at radius 3 is 2.50 bits per heavy atom. The van der Waals surface area contributed by atoms with E-state index < -0.39 is 0 Å². The van der Waals surface area contributed by atoms with Gasteiger partial charge < -0.3 is 9.67 Å². The van der Waals surface area contributed by atoms with Crippen molar-refractivity contribution >= 4 is 0 Å². The van der Waals surface area contributed by atoms with E-state index >= 15 is 0 Å². The Hall–Kier alpha value is -0.900. The third-order valence-electron chi connectivity index (χ3n) is 3.14. The summed E-state index contributed by atoms with van der Waals surface area (Å²) in [6.07, 6.45) is 6.37. The SMILES string of the molecule is Cn1c(CO)nnc1CC1CCCC1. The lowest BCUT2D eigenvalue weighted by Crippen LogP contribution is -2.07. The van der Waals surface area contributed by atoms with Crippen LogP contribution in [0.3, 0.4) is 0 Å². The molecular formula is C10H17N3O. The summed E-state index contributed by atoms with van der Waals surface area (Å²) >= 11 is 0. The molecule has 2 rings (SSSR count). The van der Waals surface area contributed by atoms with Crippen LogP contribution in [0.4, 0.5) is 0 Å². The van der Waals surface area contributed by atoms with Gasteiger partial charge in [0.05, 0.1) is 0 Å². The van der Waals surface area contributed by atoms with Crippen LogP contribution in [0, 0.1) is 5.92 Å². The normalized spacial score (nSPS) is 17.9. The van der Waals surface area contributed by atoms with Gasteiger partial charge in [-0.3, -0.25) is 0 Å². The highest BCUT2D eigenvalue weighted by atomic mass is 16.3. The molecule has 4 nitrogen and oxygen atoms in total. The molecule has 0 aromatic carbocycles. The molecule has 1 aromatic heterocycles. The number of aliphatic hydroxyl groups excluding tert-OH is 1. The molecule has 1 aliphatic rings. The second kappa shape index (κ2) is 4.09. The number of rotatable bonds is 3. The molecule has 0 atom stereocenters. The van der Waals surface area contributed by atoms with Crippen molar-refractivity contribution in [2.24, 2.45) is 13.0 Å². The summed E-state index contributed by atoms with van der Waals surface area (Å²) in [7, 11) is 1.93. The highest BCUT2D eigenvalue weighted by Crippen LogP contribution is 2.27. The molecule has 0 bridgehead atoms. The first-order valence-corrected chi connectivity index (χ1v) is 5.29. The van der Waals surface area contributed by atoms with Crippen LogP contribution in [-0.2, 0) is 20.1 Å². The summed E-state index contributed by atoms with van der Waals surface area (Å²) in [6.45, 7) is -0.0197. The molecule has 78 valence electrons. The zero-order valence-corrected chi connectivity index (χ0v) is 8.61. The Morgan fingerprint density at radius 2 is 1.93 bits per heavy atom. The first-order valence-electron chi connectivity index (χ1n) is 5.29. The van der Waals surface area contributed by atoms with Gasteiger partial charge in [-0.15, -0.1) is 10.2 Å². The van der Waals surface area contributed by atoms with E-state index in [0.717, 1.165) is 18.2 Å². The van der Waals surface area contributed by atoms with Crippen LogP contribution < -0.4 is 0 Å². The maximum Gasteiger partial charge on any atom is 0.158 e. The monoisotopic (exact) mass is 195 g/mol. The lowest BCUT2D eigenvalue weighted by Gasteiger charge is -2.07. The number of aromatic nitrogens is 3. The van der Waals surface area contributed by atoms with Gasteiger partial charge in [-0.25, -0.2) is 0 Å². The Bertz CT molecular complexity index is 302. The Morgan fingerprint density at radius 1 is 1.29 bits per heavy atom. The maximum atomic E-state index is 8.97. The van der Waals surface area contributed by atoms with Gasteiger partial charge in [0.2, 0.25) is 0 Å². The smallest absolute Gasteiger partial charge is 0.158 e. The zero-order valence-electron chi connectivity index (χ0n) is 8.61. The highest BCUT2D eigenvalue weighted by Gasteiger charge is 2.18. The summed E-state index contributed by atoms with van der Waals surface area (Å²) in [5, 5.41) is 17.0. The molecule has 0 unspecified atom stereocenters. The van der Waals surface area contributed by atoms with Crippen LogP contribution in [-0.4, -0.2) is 19.9 Å². The first-order chi connectivity index (χ1) is 6.81. The lowest BCUT2D eigenvalue weighted by atomic mass is 10.0. The molecule has 1 heterocycles. The largest absolute Gasteiger partial charge is 0.388 e. The van der Waals surface area contributed by atoms with Gasteiger partial charge >= 0.3 is 0 Å². The van der Waals surface area contributed by atoms with Gasteiger partial charge in [-0.2, -0.15) is 0 Å². The van der Waals surface area contributed by atoms with E-state index in [0.29, 0.717) is 5.82 Å². The number of nitrogens with zero attached hydrogens (tertiary/aromatic N) is 3. The van der Waals surface area contributed by atoms with E-state index in [9.17, 15) is 0 Å². The topological polar surface area (TPSA) is 50.9 Å². The molecule has 1 fully saturated rings. The maximum absolute atomic E-state index is 8.97. The molecule has 1 N–H and O–H groups in total. The second-order valence-corrected chi connectivity index (χ2v) is 4.10. The van der Waals surface area contributed by atoms with Gasteiger partial charge in [0, 0.05) is 13.5 Å². The molecule has 0 aliphatic heterocycles. The van der Waals surface area contributed by atoms with Crippen LogP contribution >= 0.6 is 0 Å². The predicted molar refractivity (Wildman–Crippen MR) is 52.6 cm³/mol. The summed E-state index contributed by atoms with van der Waals surface area (Å²) in [5.41, 5.74) is 0. The molecule has 1 saturated carbocycles. The molecule has 0 saturated heterocycles. The van der Waals surface area contributed by atoms with Gasteiger partial charge in [0.15, 0.2) is 5.82 Å². The lowest BCUT2D eigenvalue weighted by molar-refractivity contribution is 0.266. The summed E-state index contributed by atoms with van der Waals surface area (Å²) in [5.74, 6) is 2.46. The van der Waals surface area contributed by atoms with Crippen molar-refractivity contribution in [3.05, 3.63) is 11.6 Å². The molecular weight excluding hydrogens is 178 g/mol. The quantitative estimate of drug-likeness (QED) is 0.784. The summed E-state index contributed by atoms with van der Waals surface area (Å²) in [4.78, 5) is 0. The van der Waals surface area contributed by atoms with Crippen molar-refractivity contribution in [2.75, 3.05) is 0 Å². The number of hydrogen-bond donors (Lipinski definition) is 1. The van der Waals surface area contributed by atoms with E-state index in [1.54, 1.807) is 0 Å². The van der Waals surface area contributed by atoms with Crippen molar-refractivity contribution in [1.82, 2.24) is 14.8 Å². The minimum atomic E-state index is -0.0197. The summed E-state index contributed by atoms with van der Waals surface area (Å²) < 4.78 is 1.92. The summed E-state index contributed by atoms with van der Waals surface area (Å²) in [6, 6.07) is 0. The molecule has 1 aromatic rings. The van der Waals surface area contributed by atoms with Crippen molar-refractivity contribution < 1.29 is 5.11 Å². The zero-order chi connectivity index (χ0) is 9.97. The molecule has 0 spiro atoms.